The first-order valence-corrected chi connectivity index (χ1v) is 10.5. The van der Waals surface area contributed by atoms with Crippen LogP contribution in [0.15, 0.2) is 42.6 Å². The highest BCUT2D eigenvalue weighted by molar-refractivity contribution is 6.05. The molecule has 0 aliphatic carbocycles. The maximum absolute atomic E-state index is 13.5. The third-order valence-electron chi connectivity index (χ3n) is 5.72. The van der Waals surface area contributed by atoms with Crippen LogP contribution in [0.1, 0.15) is 17.5 Å². The lowest BCUT2D eigenvalue weighted by Gasteiger charge is -2.13. The molecule has 2 aliphatic heterocycles. The third kappa shape index (κ3) is 4.19. The molecule has 4 amide bonds. The van der Waals surface area contributed by atoms with Gasteiger partial charge in [-0.2, -0.15) is 0 Å². The van der Waals surface area contributed by atoms with Gasteiger partial charge in [-0.05, 0) is 47.9 Å². The van der Waals surface area contributed by atoms with Gasteiger partial charge < -0.3 is 25.1 Å². The summed E-state index contributed by atoms with van der Waals surface area (Å²) in [5, 5.41) is 6.09. The number of carbonyl (C=O) groups is 3. The van der Waals surface area contributed by atoms with Crippen molar-refractivity contribution in [2.75, 3.05) is 13.3 Å². The number of benzene rings is 2. The highest BCUT2D eigenvalue weighted by atomic mass is 19.1. The second kappa shape index (κ2) is 8.45. The van der Waals surface area contributed by atoms with Crippen molar-refractivity contribution in [1.82, 2.24) is 20.5 Å². The zero-order valence-corrected chi connectivity index (χ0v) is 17.5. The van der Waals surface area contributed by atoms with Gasteiger partial charge in [0, 0.05) is 23.6 Å². The number of nitrogens with zero attached hydrogens (tertiary/aromatic N) is 1. The van der Waals surface area contributed by atoms with E-state index in [0.29, 0.717) is 30.0 Å². The zero-order chi connectivity index (χ0) is 22.9. The molecule has 9 nitrogen and oxygen atoms in total. The maximum atomic E-state index is 13.5. The van der Waals surface area contributed by atoms with Crippen LogP contribution in [-0.2, 0) is 22.6 Å². The van der Waals surface area contributed by atoms with Crippen LogP contribution in [0, 0.1) is 5.82 Å². The third-order valence-corrected chi connectivity index (χ3v) is 5.72. The minimum atomic E-state index is -0.923. The molecule has 33 heavy (non-hydrogen) atoms. The van der Waals surface area contributed by atoms with E-state index in [1.165, 1.54) is 12.1 Å². The Kier molecular flexibility index (Phi) is 5.33. The molecule has 0 bridgehead atoms. The van der Waals surface area contributed by atoms with Gasteiger partial charge in [-0.15, -0.1) is 0 Å². The molecule has 10 heteroatoms. The van der Waals surface area contributed by atoms with Crippen LogP contribution in [0.3, 0.4) is 0 Å². The van der Waals surface area contributed by atoms with Gasteiger partial charge in [0.1, 0.15) is 11.9 Å². The molecule has 1 saturated heterocycles. The standard InChI is InChI=1S/C23H21FN4O5/c24-15-2-3-17-16(8-15)14(10-26-17)5-6-25-21(29)9-18-22(30)28(23(31)27-18)11-13-1-4-19-20(7-13)33-12-32-19/h1-4,7-8,10,18,26H,5-6,9,11-12H2,(H,25,29)(H,27,31)/t18-/m0/s1. The van der Waals surface area contributed by atoms with Gasteiger partial charge in [-0.1, -0.05) is 6.07 Å². The number of amides is 4. The van der Waals surface area contributed by atoms with E-state index in [0.717, 1.165) is 21.4 Å². The van der Waals surface area contributed by atoms with Crippen LogP contribution in [0.5, 0.6) is 11.5 Å². The Bertz CT molecular complexity index is 1260. The van der Waals surface area contributed by atoms with E-state index in [-0.39, 0.29) is 31.5 Å². The van der Waals surface area contributed by atoms with Crippen LogP contribution in [0.4, 0.5) is 9.18 Å². The lowest BCUT2D eigenvalue weighted by molar-refractivity contribution is -0.131. The molecule has 1 fully saturated rings. The number of fused-ring (bicyclic) bond motifs is 2. The number of halogens is 1. The van der Waals surface area contributed by atoms with Gasteiger partial charge in [-0.25, -0.2) is 9.18 Å². The average molecular weight is 452 g/mol. The minimum absolute atomic E-state index is 0.0660. The first-order valence-electron chi connectivity index (χ1n) is 10.5. The molecular formula is C23H21FN4O5. The fourth-order valence-corrected chi connectivity index (χ4v) is 4.04. The molecule has 3 N–H and O–H groups in total. The van der Waals surface area contributed by atoms with Crippen molar-refractivity contribution in [3.63, 3.8) is 0 Å². The van der Waals surface area contributed by atoms with Gasteiger partial charge >= 0.3 is 6.03 Å². The molecule has 0 radical (unpaired) electrons. The van der Waals surface area contributed by atoms with Crippen LogP contribution < -0.4 is 20.1 Å². The van der Waals surface area contributed by atoms with Crippen molar-refractivity contribution in [3.05, 3.63) is 59.5 Å². The fraction of sp³-hybridized carbons (Fsp3) is 0.261. The predicted octanol–water partition coefficient (Wildman–Crippen LogP) is 2.21. The van der Waals surface area contributed by atoms with E-state index < -0.39 is 18.0 Å². The molecule has 5 rings (SSSR count). The largest absolute Gasteiger partial charge is 0.454 e. The molecule has 170 valence electrons. The molecule has 2 aliphatic rings. The van der Waals surface area contributed by atoms with E-state index >= 15 is 0 Å². The number of hydrogen-bond acceptors (Lipinski definition) is 5. The van der Waals surface area contributed by atoms with Crippen molar-refractivity contribution >= 4 is 28.7 Å². The van der Waals surface area contributed by atoms with E-state index in [9.17, 15) is 18.8 Å². The number of rotatable bonds is 7. The molecule has 2 aromatic carbocycles. The first-order chi connectivity index (χ1) is 16.0. The maximum Gasteiger partial charge on any atom is 0.325 e. The quantitative estimate of drug-likeness (QED) is 0.476. The van der Waals surface area contributed by atoms with Crippen molar-refractivity contribution in [2.45, 2.75) is 25.4 Å². The van der Waals surface area contributed by atoms with Crippen LogP contribution in [-0.4, -0.2) is 47.1 Å². The smallest absolute Gasteiger partial charge is 0.325 e. The predicted molar refractivity (Wildman–Crippen MR) is 115 cm³/mol. The minimum Gasteiger partial charge on any atom is -0.454 e. The fourth-order valence-electron chi connectivity index (χ4n) is 4.04. The molecule has 0 saturated carbocycles. The normalized spacial score (nSPS) is 17.0. The number of aromatic nitrogens is 1. The highest BCUT2D eigenvalue weighted by Gasteiger charge is 2.39. The van der Waals surface area contributed by atoms with E-state index in [1.54, 1.807) is 30.5 Å². The molecule has 1 atom stereocenters. The zero-order valence-electron chi connectivity index (χ0n) is 17.5. The van der Waals surface area contributed by atoms with Crippen molar-refractivity contribution in [1.29, 1.82) is 0 Å². The second-order valence-corrected chi connectivity index (χ2v) is 7.92. The average Bonchev–Trinajstić information content (AvgIpc) is 3.48. The van der Waals surface area contributed by atoms with Crippen LogP contribution in [0.2, 0.25) is 0 Å². The number of carbonyl (C=O) groups excluding carboxylic acids is 3. The Morgan fingerprint density at radius 1 is 1.15 bits per heavy atom. The highest BCUT2D eigenvalue weighted by Crippen LogP contribution is 2.33. The van der Waals surface area contributed by atoms with Gasteiger partial charge in [0.05, 0.1) is 13.0 Å². The van der Waals surface area contributed by atoms with Crippen LogP contribution >= 0.6 is 0 Å². The number of aromatic amines is 1. The molecule has 1 aromatic heterocycles. The Balaban J connectivity index is 1.14. The summed E-state index contributed by atoms with van der Waals surface area (Å²) in [4.78, 5) is 41.5. The van der Waals surface area contributed by atoms with Gasteiger partial charge in [0.25, 0.3) is 5.91 Å². The molecule has 3 aromatic rings. The first kappa shape index (κ1) is 20.8. The molecule has 3 heterocycles. The Hall–Kier alpha value is -4.08. The van der Waals surface area contributed by atoms with Crippen LogP contribution in [0.25, 0.3) is 10.9 Å². The summed E-state index contributed by atoms with van der Waals surface area (Å²) in [7, 11) is 0. The summed E-state index contributed by atoms with van der Waals surface area (Å²) >= 11 is 0. The van der Waals surface area contributed by atoms with Gasteiger partial charge in [0.15, 0.2) is 11.5 Å². The Morgan fingerprint density at radius 3 is 2.88 bits per heavy atom. The number of urea groups is 1. The van der Waals surface area contributed by atoms with Crippen molar-refractivity contribution in [3.8, 4) is 11.5 Å². The molecular weight excluding hydrogens is 431 g/mol. The monoisotopic (exact) mass is 452 g/mol. The Morgan fingerprint density at radius 2 is 2.00 bits per heavy atom. The number of imide groups is 1. The summed E-state index contributed by atoms with van der Waals surface area (Å²) in [6.45, 7) is 0.519. The summed E-state index contributed by atoms with van der Waals surface area (Å²) in [5.74, 6) is 0.0365. The topological polar surface area (TPSA) is 113 Å². The summed E-state index contributed by atoms with van der Waals surface area (Å²) in [6.07, 6.45) is 2.12. The number of H-pyrrole nitrogens is 1. The summed E-state index contributed by atoms with van der Waals surface area (Å²) in [6, 6.07) is 8.23. The number of hydrogen-bond donors (Lipinski definition) is 3. The Labute approximate surface area is 187 Å². The summed E-state index contributed by atoms with van der Waals surface area (Å²) in [5.41, 5.74) is 2.41. The van der Waals surface area contributed by atoms with Gasteiger partial charge in [0.2, 0.25) is 12.7 Å². The van der Waals surface area contributed by atoms with Crippen molar-refractivity contribution in [2.24, 2.45) is 0 Å². The van der Waals surface area contributed by atoms with E-state index in [1.807, 2.05) is 0 Å². The molecule has 0 unspecified atom stereocenters. The SMILES string of the molecule is O=C(C[C@@H]1NC(=O)N(Cc2ccc3c(c2)OCO3)C1=O)NCCc1c[nH]c2ccc(F)cc12. The van der Waals surface area contributed by atoms with Gasteiger partial charge in [-0.3, -0.25) is 14.5 Å². The lowest BCUT2D eigenvalue weighted by Crippen LogP contribution is -2.37. The number of ether oxygens (including phenoxy) is 2. The summed E-state index contributed by atoms with van der Waals surface area (Å²) < 4.78 is 24.1. The van der Waals surface area contributed by atoms with E-state index in [2.05, 4.69) is 15.6 Å². The lowest BCUT2D eigenvalue weighted by atomic mass is 10.1. The van der Waals surface area contributed by atoms with Crippen molar-refractivity contribution < 1.29 is 28.2 Å². The number of nitrogens with one attached hydrogen (secondary N) is 3. The van der Waals surface area contributed by atoms with E-state index in [4.69, 9.17) is 9.47 Å². The second-order valence-electron chi connectivity index (χ2n) is 7.92. The molecule has 0 spiro atoms.